The van der Waals surface area contributed by atoms with Gasteiger partial charge in [0, 0.05) is 42.8 Å². The normalized spacial score (nSPS) is 18.4. The highest BCUT2D eigenvalue weighted by molar-refractivity contribution is 7.92. The highest BCUT2D eigenvalue weighted by atomic mass is 35.5. The van der Waals surface area contributed by atoms with E-state index in [0.717, 1.165) is 18.4 Å². The summed E-state index contributed by atoms with van der Waals surface area (Å²) in [6.45, 7) is 0.0671. The van der Waals surface area contributed by atoms with Crippen LogP contribution in [0.5, 0.6) is 0 Å². The molecule has 1 saturated carbocycles. The van der Waals surface area contributed by atoms with Crippen molar-refractivity contribution in [2.24, 2.45) is 13.0 Å². The number of sulfonamides is 1. The molecule has 0 radical (unpaired) electrons. The maximum Gasteiger partial charge on any atom is 0.435 e. The maximum absolute atomic E-state index is 15.4. The summed E-state index contributed by atoms with van der Waals surface area (Å²) in [5.41, 5.74) is -4.18. The first kappa shape index (κ1) is 41.9. The highest BCUT2D eigenvalue weighted by Crippen LogP contribution is 2.68. The summed E-state index contributed by atoms with van der Waals surface area (Å²) in [6, 6.07) is 7.05. The van der Waals surface area contributed by atoms with Gasteiger partial charge in [-0.05, 0) is 67.5 Å². The number of benzene rings is 2. The number of carbonyl (C=O) groups excluding carboxylic acids is 1. The molecule has 2 aliphatic rings. The molecule has 1 amide bonds. The smallest absolute Gasteiger partial charge is 0.381 e. The SMILES string of the molecule is COCC(C)(O)C#Cc1ccc(-c2ccc(Cl)c3c(NS(C)(=O)=O)nn(C)c23)c(C(Cc2cc(F)cc(F)c2)NC(=O)Cn2nc(C(F)(F)F)c3c2C(F)(F)[C@@H]2C[C@H]32)n1. The first-order chi connectivity index (χ1) is 27.5. The molecular weight excluding hydrogens is 835 g/mol. The monoisotopic (exact) mass is 867 g/mol. The Labute approximate surface area is 336 Å². The molecule has 2 unspecified atom stereocenters. The van der Waals surface area contributed by atoms with Crippen LogP contribution in [0.25, 0.3) is 22.0 Å². The van der Waals surface area contributed by atoms with Gasteiger partial charge in [0.15, 0.2) is 11.5 Å². The van der Waals surface area contributed by atoms with Crippen molar-refractivity contribution in [3.05, 3.63) is 93.0 Å². The minimum atomic E-state index is -5.09. The Bertz CT molecular complexity index is 2690. The van der Waals surface area contributed by atoms with Crippen LogP contribution in [0.1, 0.15) is 59.2 Å². The highest BCUT2D eigenvalue weighted by Gasteiger charge is 2.68. The van der Waals surface area contributed by atoms with E-state index in [1.54, 1.807) is 0 Å². The lowest BCUT2D eigenvalue weighted by atomic mass is 9.93. The minimum Gasteiger partial charge on any atom is -0.381 e. The van der Waals surface area contributed by atoms with Gasteiger partial charge >= 0.3 is 6.18 Å². The first-order valence-corrected chi connectivity index (χ1v) is 19.9. The fraction of sp³-hybridized carbons (Fsp3) is 0.368. The number of aliphatic hydroxyl groups is 1. The van der Waals surface area contributed by atoms with E-state index in [-0.39, 0.29) is 62.8 Å². The van der Waals surface area contributed by atoms with Crippen molar-refractivity contribution in [3.8, 4) is 23.0 Å². The van der Waals surface area contributed by atoms with Gasteiger partial charge in [0.1, 0.15) is 35.2 Å². The van der Waals surface area contributed by atoms with Crippen molar-refractivity contribution in [1.82, 2.24) is 29.9 Å². The number of fused-ring (bicyclic) bond motifs is 4. The van der Waals surface area contributed by atoms with E-state index in [4.69, 9.17) is 16.3 Å². The molecule has 5 aromatic rings. The molecule has 312 valence electrons. The van der Waals surface area contributed by atoms with E-state index in [0.29, 0.717) is 10.7 Å². The topological polar surface area (TPSA) is 153 Å². The standard InChI is InChI=1S/C38H33ClF7N7O5S/c1-36(55,17-58-3)10-9-21-5-6-22(23-7-8-26(39)30-32(23)52(2)50-35(30)51-59(4,56)57)31(47-21)27(13-18-11-19(40)14-20(41)12-18)48-28(54)16-53-34-29(33(49-53)38(44,45)46)24-15-25(24)37(34,42)43/h5-8,11-12,14,24-25,27,55H,13,15-17H2,1-4H3,(H,48,54)(H,50,51)/t24-,25+,27?,36?/m0/s1. The van der Waals surface area contributed by atoms with E-state index in [1.165, 1.54) is 50.0 Å². The lowest BCUT2D eigenvalue weighted by molar-refractivity contribution is -0.142. The number of nitrogens with zero attached hydrogens (tertiary/aromatic N) is 5. The molecule has 59 heavy (non-hydrogen) atoms. The molecule has 4 atom stereocenters. The van der Waals surface area contributed by atoms with Crippen molar-refractivity contribution in [1.29, 1.82) is 0 Å². The number of rotatable bonds is 11. The van der Waals surface area contributed by atoms with Crippen LogP contribution in [-0.2, 0) is 51.7 Å². The summed E-state index contributed by atoms with van der Waals surface area (Å²) in [6.07, 6.45) is -4.77. The number of alkyl halides is 5. The van der Waals surface area contributed by atoms with Crippen LogP contribution in [0.4, 0.5) is 36.6 Å². The molecule has 3 N–H and O–H groups in total. The van der Waals surface area contributed by atoms with Gasteiger partial charge in [-0.2, -0.15) is 32.1 Å². The number of ether oxygens (including phenoxy) is 1. The summed E-state index contributed by atoms with van der Waals surface area (Å²) in [7, 11) is -1.03. The third-order valence-electron chi connectivity index (χ3n) is 9.84. The molecule has 0 bridgehead atoms. The molecule has 0 spiro atoms. The average Bonchev–Trinajstić information content (AvgIpc) is 3.65. The summed E-state index contributed by atoms with van der Waals surface area (Å²) in [4.78, 5) is 18.6. The largest absolute Gasteiger partial charge is 0.435 e. The number of hydrogen-bond donors (Lipinski definition) is 3. The molecule has 0 aliphatic heterocycles. The zero-order valence-electron chi connectivity index (χ0n) is 31.4. The number of halogens is 8. The first-order valence-electron chi connectivity index (χ1n) is 17.7. The second-order valence-electron chi connectivity index (χ2n) is 14.7. The molecular formula is C38H33ClF7N7O5S. The average molecular weight is 868 g/mol. The number of aryl methyl sites for hydroxylation is 1. The van der Waals surface area contributed by atoms with Gasteiger partial charge in [-0.3, -0.25) is 18.9 Å². The summed E-state index contributed by atoms with van der Waals surface area (Å²) in [5.74, 6) is -3.99. The molecule has 3 aromatic heterocycles. The fourth-order valence-corrected chi connectivity index (χ4v) is 8.28. The third kappa shape index (κ3) is 8.33. The van der Waals surface area contributed by atoms with E-state index in [1.807, 2.05) is 0 Å². The van der Waals surface area contributed by atoms with E-state index >= 15 is 8.78 Å². The number of amides is 1. The van der Waals surface area contributed by atoms with Gasteiger partial charge in [-0.25, -0.2) is 22.2 Å². The van der Waals surface area contributed by atoms with Crippen molar-refractivity contribution in [3.63, 3.8) is 0 Å². The van der Waals surface area contributed by atoms with Crippen molar-refractivity contribution in [2.75, 3.05) is 24.7 Å². The van der Waals surface area contributed by atoms with Crippen LogP contribution in [0.3, 0.4) is 0 Å². The van der Waals surface area contributed by atoms with Gasteiger partial charge in [-0.1, -0.05) is 23.6 Å². The molecule has 0 saturated heterocycles. The number of hydrogen-bond acceptors (Lipinski definition) is 8. The summed E-state index contributed by atoms with van der Waals surface area (Å²) >= 11 is 6.57. The molecule has 7 rings (SSSR count). The quantitative estimate of drug-likeness (QED) is 0.105. The summed E-state index contributed by atoms with van der Waals surface area (Å²) in [5, 5.41) is 21.2. The molecule has 2 aromatic carbocycles. The van der Waals surface area contributed by atoms with Crippen molar-refractivity contribution < 1.29 is 53.8 Å². The van der Waals surface area contributed by atoms with E-state index < -0.39 is 93.1 Å². The molecule has 2 aliphatic carbocycles. The van der Waals surface area contributed by atoms with Gasteiger partial charge in [0.05, 0.1) is 40.5 Å². The van der Waals surface area contributed by atoms with Crippen LogP contribution >= 0.6 is 11.6 Å². The Morgan fingerprint density at radius 2 is 1.80 bits per heavy atom. The third-order valence-corrected chi connectivity index (χ3v) is 10.7. The molecule has 3 heterocycles. The molecule has 12 nitrogen and oxygen atoms in total. The van der Waals surface area contributed by atoms with Crippen LogP contribution < -0.4 is 10.0 Å². The number of anilines is 1. The Hall–Kier alpha value is -5.23. The number of nitrogens with one attached hydrogen (secondary N) is 2. The predicted octanol–water partition coefficient (Wildman–Crippen LogP) is 6.21. The van der Waals surface area contributed by atoms with Crippen molar-refractivity contribution in [2.45, 2.75) is 56.0 Å². The number of pyridine rings is 1. The Morgan fingerprint density at radius 1 is 1.12 bits per heavy atom. The fourth-order valence-electron chi connectivity index (χ4n) is 7.55. The zero-order chi connectivity index (χ0) is 43.0. The van der Waals surface area contributed by atoms with Gasteiger partial charge in [0.2, 0.25) is 15.9 Å². The van der Waals surface area contributed by atoms with Crippen LogP contribution in [0.2, 0.25) is 5.02 Å². The van der Waals surface area contributed by atoms with Crippen LogP contribution in [-0.4, -0.2) is 69.5 Å². The molecule has 1 fully saturated rings. The van der Waals surface area contributed by atoms with Crippen LogP contribution in [0, 0.1) is 29.4 Å². The predicted molar refractivity (Wildman–Crippen MR) is 200 cm³/mol. The number of carbonyl (C=O) groups is 1. The van der Waals surface area contributed by atoms with E-state index in [2.05, 4.69) is 37.1 Å². The van der Waals surface area contributed by atoms with Gasteiger partial charge < -0.3 is 15.2 Å². The van der Waals surface area contributed by atoms with Crippen molar-refractivity contribution >= 4 is 44.3 Å². The second-order valence-corrected chi connectivity index (χ2v) is 16.8. The Morgan fingerprint density at radius 3 is 2.44 bits per heavy atom. The van der Waals surface area contributed by atoms with Crippen LogP contribution in [0.15, 0.2) is 42.5 Å². The van der Waals surface area contributed by atoms with Gasteiger partial charge in [0.25, 0.3) is 5.92 Å². The Balaban J connectivity index is 1.40. The molecule has 21 heteroatoms. The zero-order valence-corrected chi connectivity index (χ0v) is 32.9. The number of aromatic nitrogens is 5. The van der Waals surface area contributed by atoms with E-state index in [9.17, 15) is 40.3 Å². The lowest BCUT2D eigenvalue weighted by Crippen LogP contribution is -2.35. The maximum atomic E-state index is 15.4. The number of methoxy groups -OCH3 is 1. The summed E-state index contributed by atoms with van der Waals surface area (Å²) < 4.78 is 136. The minimum absolute atomic E-state index is 0.00183. The van der Waals surface area contributed by atoms with Gasteiger partial charge in [-0.15, -0.1) is 0 Å². The second kappa shape index (κ2) is 14.8. The lowest BCUT2D eigenvalue weighted by Gasteiger charge is -2.23. The Kier molecular flexibility index (Phi) is 10.5.